The molecular weight excluding hydrogens is 288 g/mol. The van der Waals surface area contributed by atoms with E-state index in [0.29, 0.717) is 30.7 Å². The molecule has 1 saturated carbocycles. The number of hydrogen-bond acceptors (Lipinski definition) is 2. The van der Waals surface area contributed by atoms with Crippen LogP contribution in [0.5, 0.6) is 0 Å². The molecule has 1 aliphatic heterocycles. The molecule has 23 heavy (non-hydrogen) atoms. The first kappa shape index (κ1) is 16.0. The van der Waals surface area contributed by atoms with Crippen LogP contribution in [-0.2, 0) is 16.0 Å². The van der Waals surface area contributed by atoms with Crippen molar-refractivity contribution in [3.8, 4) is 0 Å². The average molecular weight is 314 g/mol. The molecule has 1 heterocycles. The summed E-state index contributed by atoms with van der Waals surface area (Å²) in [6, 6.07) is 8.55. The van der Waals surface area contributed by atoms with Gasteiger partial charge < -0.3 is 10.2 Å². The summed E-state index contributed by atoms with van der Waals surface area (Å²) < 4.78 is 0. The molecule has 124 valence electrons. The smallest absolute Gasteiger partial charge is 0.222 e. The van der Waals surface area contributed by atoms with E-state index < -0.39 is 0 Å². The largest absolute Gasteiger partial charge is 0.356 e. The lowest BCUT2D eigenvalue weighted by molar-refractivity contribution is -0.131. The zero-order valence-corrected chi connectivity index (χ0v) is 14.0. The summed E-state index contributed by atoms with van der Waals surface area (Å²) in [5.74, 6) is 1.39. The SMILES string of the molecule is Cc1ccccc1CCC(=O)N(C)[C@H]1C[C@H]2CNC(=O)C[C@H]2C1. The molecule has 0 aromatic heterocycles. The van der Waals surface area contributed by atoms with Crippen LogP contribution in [0.4, 0.5) is 0 Å². The van der Waals surface area contributed by atoms with Crippen LogP contribution in [0.25, 0.3) is 0 Å². The summed E-state index contributed by atoms with van der Waals surface area (Å²) in [6.07, 6.45) is 3.99. The summed E-state index contributed by atoms with van der Waals surface area (Å²) in [5, 5.41) is 2.95. The van der Waals surface area contributed by atoms with Crippen LogP contribution in [-0.4, -0.2) is 36.3 Å². The summed E-state index contributed by atoms with van der Waals surface area (Å²) in [4.78, 5) is 26.0. The van der Waals surface area contributed by atoms with Crippen molar-refractivity contribution in [3.05, 3.63) is 35.4 Å². The minimum Gasteiger partial charge on any atom is -0.356 e. The van der Waals surface area contributed by atoms with E-state index in [1.165, 1.54) is 11.1 Å². The number of piperidine rings is 1. The van der Waals surface area contributed by atoms with Crippen molar-refractivity contribution in [2.75, 3.05) is 13.6 Å². The Balaban J connectivity index is 1.54. The quantitative estimate of drug-likeness (QED) is 0.927. The third-order valence-corrected chi connectivity index (χ3v) is 5.64. The number of carbonyl (C=O) groups excluding carboxylic acids is 2. The highest BCUT2D eigenvalue weighted by Crippen LogP contribution is 2.38. The highest BCUT2D eigenvalue weighted by Gasteiger charge is 2.40. The van der Waals surface area contributed by atoms with E-state index in [0.717, 1.165) is 25.8 Å². The van der Waals surface area contributed by atoms with Gasteiger partial charge in [-0.25, -0.2) is 0 Å². The molecule has 0 spiro atoms. The third-order valence-electron chi connectivity index (χ3n) is 5.64. The van der Waals surface area contributed by atoms with Crippen LogP contribution < -0.4 is 5.32 Å². The van der Waals surface area contributed by atoms with Gasteiger partial charge in [-0.3, -0.25) is 9.59 Å². The predicted octanol–water partition coefficient (Wildman–Crippen LogP) is 2.30. The summed E-state index contributed by atoms with van der Waals surface area (Å²) in [6.45, 7) is 2.88. The second kappa shape index (κ2) is 6.73. The van der Waals surface area contributed by atoms with Gasteiger partial charge in [-0.1, -0.05) is 24.3 Å². The number of fused-ring (bicyclic) bond motifs is 1. The molecule has 1 aromatic rings. The van der Waals surface area contributed by atoms with Gasteiger partial charge in [0, 0.05) is 32.5 Å². The third kappa shape index (κ3) is 3.57. The molecule has 3 atom stereocenters. The Hall–Kier alpha value is -1.84. The fraction of sp³-hybridized carbons (Fsp3) is 0.579. The van der Waals surface area contributed by atoms with Crippen molar-refractivity contribution < 1.29 is 9.59 Å². The van der Waals surface area contributed by atoms with Gasteiger partial charge in [0.1, 0.15) is 0 Å². The average Bonchev–Trinajstić information content (AvgIpc) is 2.96. The lowest BCUT2D eigenvalue weighted by Gasteiger charge is -2.25. The fourth-order valence-electron chi connectivity index (χ4n) is 4.06. The van der Waals surface area contributed by atoms with Gasteiger partial charge in [-0.15, -0.1) is 0 Å². The van der Waals surface area contributed by atoms with Crippen molar-refractivity contribution in [2.24, 2.45) is 11.8 Å². The maximum absolute atomic E-state index is 12.5. The molecule has 0 bridgehead atoms. The molecule has 4 heteroatoms. The van der Waals surface area contributed by atoms with E-state index in [1.54, 1.807) is 0 Å². The number of aryl methyl sites for hydroxylation is 2. The Morgan fingerprint density at radius 3 is 2.78 bits per heavy atom. The van der Waals surface area contributed by atoms with Crippen LogP contribution >= 0.6 is 0 Å². The Kier molecular flexibility index (Phi) is 4.69. The molecule has 1 aliphatic carbocycles. The first-order valence-corrected chi connectivity index (χ1v) is 8.61. The number of amides is 2. The molecular formula is C19H26N2O2. The molecule has 1 aromatic carbocycles. The zero-order chi connectivity index (χ0) is 16.4. The second-order valence-electron chi connectivity index (χ2n) is 7.08. The normalized spacial score (nSPS) is 26.5. The van der Waals surface area contributed by atoms with Crippen LogP contribution in [0.2, 0.25) is 0 Å². The molecule has 0 unspecified atom stereocenters. The Morgan fingerprint density at radius 2 is 2.00 bits per heavy atom. The summed E-state index contributed by atoms with van der Waals surface area (Å²) in [5.41, 5.74) is 2.50. The lowest BCUT2D eigenvalue weighted by atomic mass is 9.89. The molecule has 1 saturated heterocycles. The van der Waals surface area contributed by atoms with E-state index in [-0.39, 0.29) is 11.8 Å². The Labute approximate surface area is 138 Å². The first-order valence-electron chi connectivity index (χ1n) is 8.61. The van der Waals surface area contributed by atoms with E-state index in [2.05, 4.69) is 24.4 Å². The van der Waals surface area contributed by atoms with Crippen LogP contribution in [0, 0.1) is 18.8 Å². The van der Waals surface area contributed by atoms with Gasteiger partial charge in [0.2, 0.25) is 11.8 Å². The van der Waals surface area contributed by atoms with Gasteiger partial charge in [0.15, 0.2) is 0 Å². The first-order chi connectivity index (χ1) is 11.0. The van der Waals surface area contributed by atoms with Gasteiger partial charge in [0.05, 0.1) is 0 Å². The molecule has 2 aliphatic rings. The number of hydrogen-bond donors (Lipinski definition) is 1. The number of carbonyl (C=O) groups is 2. The molecule has 0 radical (unpaired) electrons. The van der Waals surface area contributed by atoms with Crippen molar-refractivity contribution >= 4 is 11.8 Å². The van der Waals surface area contributed by atoms with Crippen molar-refractivity contribution in [1.29, 1.82) is 0 Å². The molecule has 2 fully saturated rings. The fourth-order valence-corrected chi connectivity index (χ4v) is 4.06. The van der Waals surface area contributed by atoms with Crippen molar-refractivity contribution in [3.63, 3.8) is 0 Å². The lowest BCUT2D eigenvalue weighted by Crippen LogP contribution is -2.38. The van der Waals surface area contributed by atoms with Gasteiger partial charge in [-0.05, 0) is 49.1 Å². The maximum Gasteiger partial charge on any atom is 0.222 e. The van der Waals surface area contributed by atoms with Gasteiger partial charge in [0.25, 0.3) is 0 Å². The van der Waals surface area contributed by atoms with Crippen LogP contribution in [0.1, 0.15) is 36.8 Å². The molecule has 4 nitrogen and oxygen atoms in total. The minimum atomic E-state index is 0.167. The highest BCUT2D eigenvalue weighted by atomic mass is 16.2. The monoisotopic (exact) mass is 314 g/mol. The van der Waals surface area contributed by atoms with Gasteiger partial charge >= 0.3 is 0 Å². The van der Waals surface area contributed by atoms with Gasteiger partial charge in [-0.2, -0.15) is 0 Å². The Bertz CT molecular complexity index is 599. The van der Waals surface area contributed by atoms with E-state index >= 15 is 0 Å². The van der Waals surface area contributed by atoms with E-state index in [4.69, 9.17) is 0 Å². The second-order valence-corrected chi connectivity index (χ2v) is 7.08. The topological polar surface area (TPSA) is 49.4 Å². The minimum absolute atomic E-state index is 0.167. The van der Waals surface area contributed by atoms with Crippen LogP contribution in [0.3, 0.4) is 0 Å². The molecule has 3 rings (SSSR count). The van der Waals surface area contributed by atoms with E-state index in [9.17, 15) is 9.59 Å². The zero-order valence-electron chi connectivity index (χ0n) is 14.0. The van der Waals surface area contributed by atoms with E-state index in [1.807, 2.05) is 24.1 Å². The highest BCUT2D eigenvalue weighted by molar-refractivity contribution is 5.78. The van der Waals surface area contributed by atoms with Crippen LogP contribution in [0.15, 0.2) is 24.3 Å². The summed E-state index contributed by atoms with van der Waals surface area (Å²) >= 11 is 0. The van der Waals surface area contributed by atoms with Crippen molar-refractivity contribution in [1.82, 2.24) is 10.2 Å². The van der Waals surface area contributed by atoms with Crippen molar-refractivity contribution in [2.45, 2.75) is 45.1 Å². The maximum atomic E-state index is 12.5. The number of nitrogens with one attached hydrogen (secondary N) is 1. The number of benzene rings is 1. The Morgan fingerprint density at radius 1 is 1.26 bits per heavy atom. The molecule has 2 amide bonds. The standard InChI is InChI=1S/C19H26N2O2/c1-13-5-3-4-6-14(13)7-8-19(23)21(2)17-9-15-11-18(22)20-12-16(15)10-17/h3-6,15-17H,7-12H2,1-2H3,(H,20,22)/t15-,16+,17-/m1/s1. The predicted molar refractivity (Wildman–Crippen MR) is 89.9 cm³/mol. The number of rotatable bonds is 4. The molecule has 1 N–H and O–H groups in total. The number of nitrogens with zero attached hydrogens (tertiary/aromatic N) is 1. The summed E-state index contributed by atoms with van der Waals surface area (Å²) in [7, 11) is 1.93.